The van der Waals surface area contributed by atoms with Crippen molar-refractivity contribution in [2.45, 2.75) is 45.4 Å². The maximum atomic E-state index is 12.5. The number of hydrogen-bond acceptors (Lipinski definition) is 2. The van der Waals surface area contributed by atoms with Gasteiger partial charge < -0.3 is 4.74 Å². The Morgan fingerprint density at radius 1 is 1.40 bits per heavy atom. The zero-order valence-corrected chi connectivity index (χ0v) is 13.9. The Balaban J connectivity index is 2.03. The van der Waals surface area contributed by atoms with Gasteiger partial charge in [0.15, 0.2) is 0 Å². The van der Waals surface area contributed by atoms with Gasteiger partial charge in [-0.05, 0) is 42.5 Å². The maximum absolute atomic E-state index is 12.5. The zero-order valence-electron chi connectivity index (χ0n) is 12.3. The van der Waals surface area contributed by atoms with Crippen LogP contribution in [0.4, 0.5) is 0 Å². The second-order valence-corrected chi connectivity index (χ2v) is 6.59. The third-order valence-corrected chi connectivity index (χ3v) is 5.21. The molecule has 1 aromatic rings. The van der Waals surface area contributed by atoms with Gasteiger partial charge in [0.1, 0.15) is 11.5 Å². The van der Waals surface area contributed by atoms with Gasteiger partial charge >= 0.3 is 0 Å². The lowest BCUT2D eigenvalue weighted by atomic mass is 9.77. The average Bonchev–Trinajstić information content (AvgIpc) is 2.49. The number of ketones is 1. The molecule has 0 aromatic heterocycles. The van der Waals surface area contributed by atoms with Gasteiger partial charge in [-0.1, -0.05) is 42.1 Å². The summed E-state index contributed by atoms with van der Waals surface area (Å²) in [6.07, 6.45) is 6.36. The molecule has 3 heteroatoms. The molecule has 1 aliphatic carbocycles. The Morgan fingerprint density at radius 2 is 2.20 bits per heavy atom. The van der Waals surface area contributed by atoms with Gasteiger partial charge in [-0.3, -0.25) is 4.79 Å². The van der Waals surface area contributed by atoms with Crippen molar-refractivity contribution in [3.8, 4) is 5.75 Å². The zero-order chi connectivity index (χ0) is 14.5. The first-order valence-corrected chi connectivity index (χ1v) is 8.28. The van der Waals surface area contributed by atoms with Crippen molar-refractivity contribution < 1.29 is 9.53 Å². The SMILES string of the molecule is CCC1CCCC(C(=O)Cc2cc(OC)ccc2Br)C1. The highest BCUT2D eigenvalue weighted by atomic mass is 79.9. The summed E-state index contributed by atoms with van der Waals surface area (Å²) in [6, 6.07) is 5.82. The number of Topliss-reactive ketones (excluding diaryl/α,β-unsaturated/α-hetero) is 1. The number of carbonyl (C=O) groups is 1. The van der Waals surface area contributed by atoms with Crippen molar-refractivity contribution in [3.63, 3.8) is 0 Å². The number of methoxy groups -OCH3 is 1. The highest BCUT2D eigenvalue weighted by Crippen LogP contribution is 2.33. The van der Waals surface area contributed by atoms with Crippen molar-refractivity contribution in [1.82, 2.24) is 0 Å². The number of halogens is 1. The standard InChI is InChI=1S/C17H23BrO2/c1-3-12-5-4-6-13(9-12)17(19)11-14-10-15(20-2)7-8-16(14)18/h7-8,10,12-13H,3-6,9,11H2,1-2H3. The van der Waals surface area contributed by atoms with Crippen molar-refractivity contribution in [2.24, 2.45) is 11.8 Å². The fourth-order valence-corrected chi connectivity index (χ4v) is 3.49. The molecule has 1 aromatic carbocycles. The lowest BCUT2D eigenvalue weighted by Gasteiger charge is -2.27. The largest absolute Gasteiger partial charge is 0.497 e. The molecule has 20 heavy (non-hydrogen) atoms. The summed E-state index contributed by atoms with van der Waals surface area (Å²) in [5.74, 6) is 2.20. The predicted molar refractivity (Wildman–Crippen MR) is 85.1 cm³/mol. The van der Waals surface area contributed by atoms with Crippen LogP contribution in [0.25, 0.3) is 0 Å². The predicted octanol–water partition coefficient (Wildman–Crippen LogP) is 4.79. The van der Waals surface area contributed by atoms with E-state index in [-0.39, 0.29) is 5.92 Å². The molecule has 0 amide bonds. The van der Waals surface area contributed by atoms with Crippen LogP contribution in [0.15, 0.2) is 22.7 Å². The highest BCUT2D eigenvalue weighted by Gasteiger charge is 2.26. The minimum absolute atomic E-state index is 0.256. The second-order valence-electron chi connectivity index (χ2n) is 5.74. The highest BCUT2D eigenvalue weighted by molar-refractivity contribution is 9.10. The molecule has 2 nitrogen and oxygen atoms in total. The van der Waals surface area contributed by atoms with Crippen molar-refractivity contribution >= 4 is 21.7 Å². The van der Waals surface area contributed by atoms with Crippen molar-refractivity contribution in [2.75, 3.05) is 7.11 Å². The Bertz CT molecular complexity index is 470. The van der Waals surface area contributed by atoms with E-state index in [1.807, 2.05) is 18.2 Å². The summed E-state index contributed by atoms with van der Waals surface area (Å²) < 4.78 is 6.23. The quantitative estimate of drug-likeness (QED) is 0.771. The van der Waals surface area contributed by atoms with E-state index in [9.17, 15) is 4.79 Å². The molecule has 0 saturated heterocycles. The van der Waals surface area contributed by atoms with Crippen LogP contribution >= 0.6 is 15.9 Å². The molecule has 1 aliphatic rings. The molecule has 0 aliphatic heterocycles. The molecule has 1 saturated carbocycles. The van der Waals surface area contributed by atoms with Crippen LogP contribution < -0.4 is 4.74 Å². The minimum Gasteiger partial charge on any atom is -0.497 e. The van der Waals surface area contributed by atoms with Crippen LogP contribution in [-0.2, 0) is 11.2 Å². The monoisotopic (exact) mass is 338 g/mol. The van der Waals surface area contributed by atoms with Gasteiger partial charge in [0, 0.05) is 16.8 Å². The number of ether oxygens (including phenoxy) is 1. The molecule has 110 valence electrons. The van der Waals surface area contributed by atoms with Crippen LogP contribution in [0.3, 0.4) is 0 Å². The number of benzene rings is 1. The number of carbonyl (C=O) groups excluding carboxylic acids is 1. The molecular formula is C17H23BrO2. The minimum atomic E-state index is 0.256. The van der Waals surface area contributed by atoms with Crippen LogP contribution in [0.2, 0.25) is 0 Å². The van der Waals surface area contributed by atoms with Gasteiger partial charge in [-0.15, -0.1) is 0 Å². The summed E-state index contributed by atoms with van der Waals surface area (Å²) in [5.41, 5.74) is 1.04. The average molecular weight is 339 g/mol. The number of hydrogen-bond donors (Lipinski definition) is 0. The molecule has 0 heterocycles. The van der Waals surface area contributed by atoms with Crippen molar-refractivity contribution in [1.29, 1.82) is 0 Å². The molecule has 0 spiro atoms. The summed E-state index contributed by atoms with van der Waals surface area (Å²) in [7, 11) is 1.65. The first kappa shape index (κ1) is 15.6. The van der Waals surface area contributed by atoms with E-state index in [0.717, 1.165) is 34.5 Å². The van der Waals surface area contributed by atoms with Gasteiger partial charge in [0.25, 0.3) is 0 Å². The van der Waals surface area contributed by atoms with Gasteiger partial charge in [0.2, 0.25) is 0 Å². The normalized spacial score (nSPS) is 22.6. The summed E-state index contributed by atoms with van der Waals surface area (Å²) >= 11 is 3.53. The van der Waals surface area contributed by atoms with Gasteiger partial charge in [-0.2, -0.15) is 0 Å². The van der Waals surface area contributed by atoms with Gasteiger partial charge in [-0.25, -0.2) is 0 Å². The second kappa shape index (κ2) is 7.26. The Labute approximate surface area is 130 Å². The summed E-state index contributed by atoms with van der Waals surface area (Å²) in [4.78, 5) is 12.5. The van der Waals surface area contributed by atoms with E-state index in [0.29, 0.717) is 12.2 Å². The molecule has 2 rings (SSSR count). The Kier molecular flexibility index (Phi) is 5.64. The van der Waals surface area contributed by atoms with Crippen molar-refractivity contribution in [3.05, 3.63) is 28.2 Å². The molecular weight excluding hydrogens is 316 g/mol. The third kappa shape index (κ3) is 3.85. The van der Waals surface area contributed by atoms with Crippen LogP contribution in [0.5, 0.6) is 5.75 Å². The molecule has 2 atom stereocenters. The Hall–Kier alpha value is -0.830. The van der Waals surface area contributed by atoms with E-state index in [1.165, 1.54) is 19.3 Å². The molecule has 0 N–H and O–H groups in total. The van der Waals surface area contributed by atoms with E-state index >= 15 is 0 Å². The Morgan fingerprint density at radius 3 is 2.90 bits per heavy atom. The fraction of sp³-hybridized carbons (Fsp3) is 0.588. The molecule has 0 radical (unpaired) electrons. The third-order valence-electron chi connectivity index (χ3n) is 4.43. The van der Waals surface area contributed by atoms with Crippen LogP contribution in [0.1, 0.15) is 44.6 Å². The topological polar surface area (TPSA) is 26.3 Å². The van der Waals surface area contributed by atoms with E-state index < -0.39 is 0 Å². The summed E-state index contributed by atoms with van der Waals surface area (Å²) in [6.45, 7) is 2.23. The van der Waals surface area contributed by atoms with E-state index in [1.54, 1.807) is 7.11 Å². The lowest BCUT2D eigenvalue weighted by molar-refractivity contribution is -0.123. The van der Waals surface area contributed by atoms with Gasteiger partial charge in [0.05, 0.1) is 7.11 Å². The first-order chi connectivity index (χ1) is 9.63. The number of rotatable bonds is 5. The van der Waals surface area contributed by atoms with E-state index in [4.69, 9.17) is 4.74 Å². The fourth-order valence-electron chi connectivity index (χ4n) is 3.10. The van der Waals surface area contributed by atoms with E-state index in [2.05, 4.69) is 22.9 Å². The smallest absolute Gasteiger partial charge is 0.140 e. The molecule has 1 fully saturated rings. The lowest BCUT2D eigenvalue weighted by Crippen LogP contribution is -2.24. The maximum Gasteiger partial charge on any atom is 0.140 e. The first-order valence-electron chi connectivity index (χ1n) is 7.49. The molecule has 2 unspecified atom stereocenters. The van der Waals surface area contributed by atoms with Crippen LogP contribution in [0, 0.1) is 11.8 Å². The molecule has 0 bridgehead atoms. The summed E-state index contributed by atoms with van der Waals surface area (Å²) in [5, 5.41) is 0. The van der Waals surface area contributed by atoms with Crippen LogP contribution in [-0.4, -0.2) is 12.9 Å².